The number of amides is 2. The summed E-state index contributed by atoms with van der Waals surface area (Å²) in [6.45, 7) is 2.65. The molecule has 2 atom stereocenters. The van der Waals surface area contributed by atoms with Gasteiger partial charge in [0.15, 0.2) is 0 Å². The highest BCUT2D eigenvalue weighted by molar-refractivity contribution is 5.99. The largest absolute Gasteiger partial charge is 0.370 e. The summed E-state index contributed by atoms with van der Waals surface area (Å²) in [5.41, 5.74) is 2.66. The van der Waals surface area contributed by atoms with E-state index in [1.165, 1.54) is 24.3 Å². The number of rotatable bonds is 4. The minimum Gasteiger partial charge on any atom is -0.370 e. The minimum atomic E-state index is -0.368. The number of nitrogens with zero attached hydrogens (tertiary/aromatic N) is 4. The molecule has 0 radical (unpaired) electrons. The van der Waals surface area contributed by atoms with E-state index in [0.29, 0.717) is 38.3 Å². The topological polar surface area (TPSA) is 67.7 Å². The van der Waals surface area contributed by atoms with Gasteiger partial charge >= 0.3 is 0 Å². The number of nitriles is 1. The molecule has 1 saturated heterocycles. The highest BCUT2D eigenvalue weighted by atomic mass is 19.1. The molecule has 1 aliphatic carbocycles. The number of hydrogen-bond donors (Lipinski definition) is 0. The summed E-state index contributed by atoms with van der Waals surface area (Å²) >= 11 is 0. The van der Waals surface area contributed by atoms with Crippen molar-refractivity contribution in [3.63, 3.8) is 0 Å². The van der Waals surface area contributed by atoms with Crippen molar-refractivity contribution in [2.24, 2.45) is 5.92 Å². The molecule has 2 aliphatic heterocycles. The maximum atomic E-state index is 13.6. The van der Waals surface area contributed by atoms with E-state index >= 15 is 0 Å². The fourth-order valence-electron chi connectivity index (χ4n) is 5.78. The molecule has 2 aromatic rings. The van der Waals surface area contributed by atoms with Gasteiger partial charge in [-0.25, -0.2) is 4.39 Å². The van der Waals surface area contributed by atoms with Crippen LogP contribution in [-0.2, 0) is 11.3 Å². The van der Waals surface area contributed by atoms with Crippen LogP contribution in [0.15, 0.2) is 65.9 Å². The quantitative estimate of drug-likeness (QED) is 0.676. The summed E-state index contributed by atoms with van der Waals surface area (Å²) in [6.07, 6.45) is 4.06. The molecule has 0 bridgehead atoms. The van der Waals surface area contributed by atoms with Gasteiger partial charge in [-0.3, -0.25) is 9.59 Å². The Morgan fingerprint density at radius 3 is 2.34 bits per heavy atom. The van der Waals surface area contributed by atoms with E-state index in [1.54, 1.807) is 4.90 Å². The predicted molar refractivity (Wildman–Crippen MR) is 129 cm³/mol. The number of fused-ring (bicyclic) bond motifs is 1. The summed E-state index contributed by atoms with van der Waals surface area (Å²) in [6, 6.07) is 17.9. The van der Waals surface area contributed by atoms with Crippen molar-refractivity contribution >= 4 is 11.8 Å². The normalized spacial score (nSPS) is 22.6. The van der Waals surface area contributed by atoms with Crippen LogP contribution in [0.4, 0.5) is 4.39 Å². The zero-order chi connectivity index (χ0) is 24.4. The second-order valence-corrected chi connectivity index (χ2v) is 9.54. The van der Waals surface area contributed by atoms with Crippen molar-refractivity contribution in [2.45, 2.75) is 38.3 Å². The molecule has 6 nitrogen and oxygen atoms in total. The number of carbonyl (C=O) groups excluding carboxylic acids is 2. The van der Waals surface area contributed by atoms with Crippen LogP contribution in [0.2, 0.25) is 0 Å². The van der Waals surface area contributed by atoms with E-state index in [2.05, 4.69) is 11.0 Å². The smallest absolute Gasteiger partial charge is 0.266 e. The molecule has 35 heavy (non-hydrogen) atoms. The minimum absolute atomic E-state index is 0.0856. The number of halogens is 1. The average Bonchev–Trinajstić information content (AvgIpc) is 2.90. The molecule has 5 rings (SSSR count). The molecule has 2 heterocycles. The first-order valence-corrected chi connectivity index (χ1v) is 12.4. The number of piperazine rings is 1. The number of benzene rings is 2. The SMILES string of the molecule is N#CC1=C(N2CCN(C(=O)c3ccc(F)cc3)CC2)C2CCCCC2N(Cc2ccccc2)C1=O. The van der Waals surface area contributed by atoms with Gasteiger partial charge in [-0.05, 0) is 42.7 Å². The molecule has 2 unspecified atom stereocenters. The highest BCUT2D eigenvalue weighted by Gasteiger charge is 2.45. The molecule has 2 fully saturated rings. The molecule has 0 aromatic heterocycles. The molecule has 2 amide bonds. The molecule has 1 saturated carbocycles. The molecule has 180 valence electrons. The van der Waals surface area contributed by atoms with Crippen LogP contribution in [-0.4, -0.2) is 58.7 Å². The first-order chi connectivity index (χ1) is 17.1. The van der Waals surface area contributed by atoms with Gasteiger partial charge in [0.1, 0.15) is 17.5 Å². The average molecular weight is 473 g/mol. The van der Waals surface area contributed by atoms with Crippen molar-refractivity contribution in [3.05, 3.63) is 82.8 Å². The van der Waals surface area contributed by atoms with E-state index in [4.69, 9.17) is 0 Å². The fourth-order valence-corrected chi connectivity index (χ4v) is 5.78. The lowest BCUT2D eigenvalue weighted by atomic mass is 9.76. The third-order valence-electron chi connectivity index (χ3n) is 7.52. The fraction of sp³-hybridized carbons (Fsp3) is 0.393. The van der Waals surface area contributed by atoms with Crippen LogP contribution in [0.1, 0.15) is 41.6 Å². The van der Waals surface area contributed by atoms with Crippen LogP contribution >= 0.6 is 0 Å². The molecular formula is C28H29FN4O2. The first-order valence-electron chi connectivity index (χ1n) is 12.4. The van der Waals surface area contributed by atoms with Gasteiger partial charge in [-0.1, -0.05) is 43.2 Å². The maximum absolute atomic E-state index is 13.6. The van der Waals surface area contributed by atoms with Crippen LogP contribution in [0, 0.1) is 23.1 Å². The second-order valence-electron chi connectivity index (χ2n) is 9.54. The van der Waals surface area contributed by atoms with Crippen molar-refractivity contribution in [1.29, 1.82) is 5.26 Å². The summed E-state index contributed by atoms with van der Waals surface area (Å²) < 4.78 is 13.2. The van der Waals surface area contributed by atoms with Crippen molar-refractivity contribution in [1.82, 2.24) is 14.7 Å². The molecule has 7 heteroatoms. The Hall–Kier alpha value is -3.66. The Labute approximate surface area is 205 Å². The second kappa shape index (κ2) is 9.91. The summed E-state index contributed by atoms with van der Waals surface area (Å²) in [4.78, 5) is 32.3. The van der Waals surface area contributed by atoms with Gasteiger partial charge in [-0.15, -0.1) is 0 Å². The van der Waals surface area contributed by atoms with E-state index in [0.717, 1.165) is 36.9 Å². The lowest BCUT2D eigenvalue weighted by Crippen LogP contribution is -2.56. The number of hydrogen-bond acceptors (Lipinski definition) is 4. The van der Waals surface area contributed by atoms with Crippen molar-refractivity contribution in [3.8, 4) is 6.07 Å². The molecule has 3 aliphatic rings. The van der Waals surface area contributed by atoms with E-state index < -0.39 is 0 Å². The zero-order valence-electron chi connectivity index (χ0n) is 19.7. The van der Waals surface area contributed by atoms with Gasteiger partial charge in [0, 0.05) is 55.9 Å². The van der Waals surface area contributed by atoms with Gasteiger partial charge in [-0.2, -0.15) is 5.26 Å². The van der Waals surface area contributed by atoms with E-state index in [9.17, 15) is 19.2 Å². The third-order valence-corrected chi connectivity index (χ3v) is 7.52. The highest BCUT2D eigenvalue weighted by Crippen LogP contribution is 2.41. The van der Waals surface area contributed by atoms with Crippen LogP contribution in [0.5, 0.6) is 0 Å². The van der Waals surface area contributed by atoms with E-state index in [-0.39, 0.29) is 35.2 Å². The van der Waals surface area contributed by atoms with Crippen molar-refractivity contribution in [2.75, 3.05) is 26.2 Å². The summed E-state index contributed by atoms with van der Waals surface area (Å²) in [5.74, 6) is -0.533. The lowest BCUT2D eigenvalue weighted by Gasteiger charge is -2.49. The first kappa shape index (κ1) is 23.1. The Morgan fingerprint density at radius 1 is 0.971 bits per heavy atom. The molecular weight excluding hydrogens is 443 g/mol. The lowest BCUT2D eigenvalue weighted by molar-refractivity contribution is -0.133. The Balaban J connectivity index is 1.37. The van der Waals surface area contributed by atoms with Gasteiger partial charge in [0.25, 0.3) is 11.8 Å². The van der Waals surface area contributed by atoms with Crippen LogP contribution in [0.3, 0.4) is 0 Å². The van der Waals surface area contributed by atoms with Gasteiger partial charge in [0.2, 0.25) is 0 Å². The molecule has 0 spiro atoms. The Bertz CT molecular complexity index is 1160. The monoisotopic (exact) mass is 472 g/mol. The van der Waals surface area contributed by atoms with E-state index in [1.807, 2.05) is 35.2 Å². The van der Waals surface area contributed by atoms with Gasteiger partial charge in [0.05, 0.1) is 0 Å². The summed E-state index contributed by atoms with van der Waals surface area (Å²) in [7, 11) is 0. The third kappa shape index (κ3) is 4.53. The Kier molecular flexibility index (Phi) is 6.54. The maximum Gasteiger partial charge on any atom is 0.266 e. The van der Waals surface area contributed by atoms with Crippen molar-refractivity contribution < 1.29 is 14.0 Å². The molecule has 0 N–H and O–H groups in total. The van der Waals surface area contributed by atoms with Crippen LogP contribution in [0.25, 0.3) is 0 Å². The Morgan fingerprint density at radius 2 is 1.66 bits per heavy atom. The predicted octanol–water partition coefficient (Wildman–Crippen LogP) is 3.96. The van der Waals surface area contributed by atoms with Gasteiger partial charge < -0.3 is 14.7 Å². The molecule has 2 aromatic carbocycles. The summed E-state index contributed by atoms with van der Waals surface area (Å²) in [5, 5.41) is 10.1. The zero-order valence-corrected chi connectivity index (χ0v) is 19.7. The number of carbonyl (C=O) groups is 2. The standard InChI is InChI=1S/C28H29FN4O2/c29-22-12-10-21(11-13-22)27(34)32-16-14-31(15-17-32)26-23-8-4-5-9-25(23)33(28(35)24(26)18-30)19-20-6-2-1-3-7-20/h1-3,6-7,10-13,23,25H,4-5,8-9,14-17,19H2. The van der Waals surface area contributed by atoms with Crippen LogP contribution < -0.4 is 0 Å².